The van der Waals surface area contributed by atoms with Gasteiger partial charge in [0.25, 0.3) is 0 Å². The van der Waals surface area contributed by atoms with Crippen molar-refractivity contribution in [1.29, 1.82) is 0 Å². The molecule has 4 heteroatoms. The number of hydrogen-bond donors (Lipinski definition) is 2. The number of nitrogens with one attached hydrogen (secondary N) is 1. The Morgan fingerprint density at radius 1 is 1.60 bits per heavy atom. The maximum atomic E-state index is 11.6. The third-order valence-corrected chi connectivity index (χ3v) is 2.97. The number of benzene rings is 1. The number of hydrogen-bond acceptors (Lipinski definition) is 2. The topological polar surface area (TPSA) is 55.1 Å². The number of aryl methyl sites for hydroxylation is 1. The molecule has 1 atom stereocenters. The molecule has 0 bridgehead atoms. The Hall–Kier alpha value is -1.06. The van der Waals surface area contributed by atoms with E-state index in [0.29, 0.717) is 18.0 Å². The molecule has 0 spiro atoms. The van der Waals surface area contributed by atoms with Crippen LogP contribution in [0.15, 0.2) is 12.1 Å². The summed E-state index contributed by atoms with van der Waals surface area (Å²) < 4.78 is 0. The molecule has 0 radical (unpaired) electrons. The highest BCUT2D eigenvalue weighted by Gasteiger charge is 2.25. The van der Waals surface area contributed by atoms with E-state index in [2.05, 4.69) is 5.32 Å². The fourth-order valence-corrected chi connectivity index (χ4v) is 2.22. The third kappa shape index (κ3) is 1.85. The smallest absolute Gasteiger partial charge is 0.229 e. The van der Waals surface area contributed by atoms with Crippen molar-refractivity contribution in [1.82, 2.24) is 0 Å². The summed E-state index contributed by atoms with van der Waals surface area (Å²) in [5.74, 6) is -0.120. The number of anilines is 1. The number of fused-ring (bicyclic) bond motifs is 1. The lowest BCUT2D eigenvalue weighted by Crippen LogP contribution is -2.35. The SMILES string of the molecule is Cc1cc(Cl)cc2c1NC(=O)C(CN)C2. The van der Waals surface area contributed by atoms with Crippen LogP contribution in [0.3, 0.4) is 0 Å². The summed E-state index contributed by atoms with van der Waals surface area (Å²) in [6, 6.07) is 3.75. The largest absolute Gasteiger partial charge is 0.330 e. The van der Waals surface area contributed by atoms with Crippen molar-refractivity contribution in [2.75, 3.05) is 11.9 Å². The Labute approximate surface area is 93.6 Å². The molecule has 1 aromatic rings. The van der Waals surface area contributed by atoms with Crippen molar-refractivity contribution in [3.05, 3.63) is 28.3 Å². The number of carbonyl (C=O) groups excluding carboxylic acids is 1. The molecular formula is C11H13ClN2O. The molecule has 80 valence electrons. The third-order valence-electron chi connectivity index (χ3n) is 2.75. The van der Waals surface area contributed by atoms with Crippen molar-refractivity contribution in [2.24, 2.45) is 11.7 Å². The van der Waals surface area contributed by atoms with E-state index in [4.69, 9.17) is 17.3 Å². The first-order chi connectivity index (χ1) is 7.11. The second-order valence-corrected chi connectivity index (χ2v) is 4.32. The second kappa shape index (κ2) is 3.83. The molecule has 2 rings (SSSR count). The van der Waals surface area contributed by atoms with E-state index in [9.17, 15) is 4.79 Å². The lowest BCUT2D eigenvalue weighted by Gasteiger charge is -2.25. The average molecular weight is 225 g/mol. The van der Waals surface area contributed by atoms with Gasteiger partial charge in [-0.05, 0) is 36.6 Å². The van der Waals surface area contributed by atoms with Gasteiger partial charge in [-0.25, -0.2) is 0 Å². The lowest BCUT2D eigenvalue weighted by molar-refractivity contribution is -0.119. The minimum absolute atomic E-state index is 0.00965. The van der Waals surface area contributed by atoms with Crippen molar-refractivity contribution in [2.45, 2.75) is 13.3 Å². The van der Waals surface area contributed by atoms with Gasteiger partial charge in [0.2, 0.25) is 5.91 Å². The van der Waals surface area contributed by atoms with E-state index in [1.807, 2.05) is 19.1 Å². The van der Waals surface area contributed by atoms with Crippen LogP contribution in [-0.4, -0.2) is 12.5 Å². The molecule has 0 saturated carbocycles. The minimum Gasteiger partial charge on any atom is -0.330 e. The first-order valence-electron chi connectivity index (χ1n) is 4.91. The molecule has 1 aliphatic rings. The monoisotopic (exact) mass is 224 g/mol. The summed E-state index contributed by atoms with van der Waals surface area (Å²) in [6.07, 6.45) is 0.680. The summed E-state index contributed by atoms with van der Waals surface area (Å²) in [6.45, 7) is 2.31. The van der Waals surface area contributed by atoms with Gasteiger partial charge >= 0.3 is 0 Å². The van der Waals surface area contributed by atoms with Gasteiger partial charge in [-0.1, -0.05) is 11.6 Å². The maximum absolute atomic E-state index is 11.6. The van der Waals surface area contributed by atoms with Crippen LogP contribution in [0.4, 0.5) is 5.69 Å². The van der Waals surface area contributed by atoms with Gasteiger partial charge in [-0.3, -0.25) is 4.79 Å². The highest BCUT2D eigenvalue weighted by atomic mass is 35.5. The van der Waals surface area contributed by atoms with Crippen LogP contribution in [0.25, 0.3) is 0 Å². The minimum atomic E-state index is -0.129. The predicted molar refractivity (Wildman–Crippen MR) is 61.1 cm³/mol. The molecular weight excluding hydrogens is 212 g/mol. The number of nitrogens with two attached hydrogens (primary N) is 1. The molecule has 1 heterocycles. The summed E-state index contributed by atoms with van der Waals surface area (Å²) in [7, 11) is 0. The van der Waals surface area contributed by atoms with Gasteiger partial charge in [-0.15, -0.1) is 0 Å². The van der Waals surface area contributed by atoms with Crippen molar-refractivity contribution >= 4 is 23.2 Å². The van der Waals surface area contributed by atoms with Crippen LogP contribution in [0.1, 0.15) is 11.1 Å². The van der Waals surface area contributed by atoms with Gasteiger partial charge in [0.1, 0.15) is 0 Å². The van der Waals surface area contributed by atoms with Crippen LogP contribution in [-0.2, 0) is 11.2 Å². The first kappa shape index (κ1) is 10.5. The van der Waals surface area contributed by atoms with E-state index in [0.717, 1.165) is 16.8 Å². The Morgan fingerprint density at radius 2 is 2.33 bits per heavy atom. The Kier molecular flexibility index (Phi) is 2.67. The van der Waals surface area contributed by atoms with E-state index in [1.54, 1.807) is 0 Å². The molecule has 1 unspecified atom stereocenters. The summed E-state index contributed by atoms with van der Waals surface area (Å²) in [5, 5.41) is 3.59. The van der Waals surface area contributed by atoms with Crippen molar-refractivity contribution < 1.29 is 4.79 Å². The molecule has 0 aliphatic carbocycles. The molecule has 0 fully saturated rings. The molecule has 3 N–H and O–H groups in total. The van der Waals surface area contributed by atoms with Crippen LogP contribution < -0.4 is 11.1 Å². The Morgan fingerprint density at radius 3 is 3.00 bits per heavy atom. The summed E-state index contributed by atoms with van der Waals surface area (Å²) >= 11 is 5.97. The molecule has 0 aromatic heterocycles. The predicted octanol–water partition coefficient (Wildman–Crippen LogP) is 1.72. The highest BCUT2D eigenvalue weighted by Crippen LogP contribution is 2.31. The quantitative estimate of drug-likeness (QED) is 0.763. The van der Waals surface area contributed by atoms with E-state index >= 15 is 0 Å². The number of halogens is 1. The molecule has 1 aliphatic heterocycles. The standard InChI is InChI=1S/C11H13ClN2O/c1-6-2-9(12)4-7-3-8(5-13)11(15)14-10(6)7/h2,4,8H,3,5,13H2,1H3,(H,14,15). The Bertz CT molecular complexity index is 417. The van der Waals surface area contributed by atoms with Gasteiger partial charge in [0.05, 0.1) is 5.92 Å². The number of rotatable bonds is 1. The van der Waals surface area contributed by atoms with Gasteiger partial charge < -0.3 is 11.1 Å². The van der Waals surface area contributed by atoms with E-state index < -0.39 is 0 Å². The number of carbonyl (C=O) groups is 1. The molecule has 15 heavy (non-hydrogen) atoms. The maximum Gasteiger partial charge on any atom is 0.229 e. The summed E-state index contributed by atoms with van der Waals surface area (Å²) in [4.78, 5) is 11.6. The van der Waals surface area contributed by atoms with Crippen molar-refractivity contribution in [3.63, 3.8) is 0 Å². The molecule has 1 amide bonds. The molecule has 1 aromatic carbocycles. The van der Waals surface area contributed by atoms with Gasteiger partial charge in [0, 0.05) is 17.3 Å². The average Bonchev–Trinajstić information content (AvgIpc) is 2.18. The molecule has 3 nitrogen and oxygen atoms in total. The second-order valence-electron chi connectivity index (χ2n) is 3.88. The van der Waals surface area contributed by atoms with Crippen LogP contribution in [0.5, 0.6) is 0 Å². The zero-order valence-electron chi connectivity index (χ0n) is 8.51. The molecule has 0 saturated heterocycles. The first-order valence-corrected chi connectivity index (χ1v) is 5.29. The van der Waals surface area contributed by atoms with Gasteiger partial charge in [-0.2, -0.15) is 0 Å². The van der Waals surface area contributed by atoms with E-state index in [-0.39, 0.29) is 11.8 Å². The normalized spacial score (nSPS) is 19.7. The highest BCUT2D eigenvalue weighted by molar-refractivity contribution is 6.30. The fraction of sp³-hybridized carbons (Fsp3) is 0.364. The zero-order chi connectivity index (χ0) is 11.0. The Balaban J connectivity index is 2.45. The fourth-order valence-electron chi connectivity index (χ4n) is 1.93. The van der Waals surface area contributed by atoms with Crippen LogP contribution in [0.2, 0.25) is 5.02 Å². The number of amides is 1. The summed E-state index contributed by atoms with van der Waals surface area (Å²) in [5.41, 5.74) is 8.51. The van der Waals surface area contributed by atoms with Crippen molar-refractivity contribution in [3.8, 4) is 0 Å². The zero-order valence-corrected chi connectivity index (χ0v) is 9.27. The lowest BCUT2D eigenvalue weighted by atomic mass is 9.91. The van der Waals surface area contributed by atoms with Crippen LogP contribution in [0, 0.1) is 12.8 Å². The van der Waals surface area contributed by atoms with E-state index in [1.165, 1.54) is 0 Å². The van der Waals surface area contributed by atoms with Gasteiger partial charge in [0.15, 0.2) is 0 Å². The van der Waals surface area contributed by atoms with Crippen LogP contribution >= 0.6 is 11.6 Å².